The first-order chi connectivity index (χ1) is 12.8. The van der Waals surface area contributed by atoms with Crippen LogP contribution in [0.5, 0.6) is 0 Å². The molecule has 1 aromatic rings. The molecule has 146 valence electrons. The largest absolute Gasteiger partial charge is 0.465 e. The first-order valence-electron chi connectivity index (χ1n) is 8.41. The quantitative estimate of drug-likeness (QED) is 0.763. The van der Waals surface area contributed by atoms with Gasteiger partial charge in [-0.3, -0.25) is 9.69 Å². The molecule has 4 rings (SSSR count). The minimum atomic E-state index is -4.96. The smallest absolute Gasteiger partial charge is 0.442 e. The Balaban J connectivity index is 1.82. The number of carbonyl (C=O) groups is 2. The fourth-order valence-electron chi connectivity index (χ4n) is 3.54. The number of anilines is 1. The number of carbonyl (C=O) groups excluding carboxylic acids is 2. The highest BCUT2D eigenvalue weighted by atomic mass is 32.2. The molecule has 0 saturated carbocycles. The minimum Gasteiger partial charge on any atom is -0.465 e. The molecule has 1 N–H and O–H groups in total. The predicted octanol–water partition coefficient (Wildman–Crippen LogP) is 3.03. The Kier molecular flexibility index (Phi) is 4.41. The van der Waals surface area contributed by atoms with Gasteiger partial charge >= 0.3 is 17.8 Å². The first-order valence-corrected chi connectivity index (χ1v) is 10.2. The summed E-state index contributed by atoms with van der Waals surface area (Å²) >= 11 is 2.19. The maximum atomic E-state index is 14.0. The van der Waals surface area contributed by atoms with Crippen LogP contribution in [-0.2, 0) is 22.4 Å². The van der Waals surface area contributed by atoms with E-state index in [9.17, 15) is 22.8 Å². The number of aryl methyl sites for hydroxylation is 1. The molecule has 1 aliphatic carbocycles. The van der Waals surface area contributed by atoms with Gasteiger partial charge in [-0.1, -0.05) is 11.8 Å². The molecule has 3 heterocycles. The lowest BCUT2D eigenvalue weighted by Crippen LogP contribution is -2.57. The molecule has 0 spiro atoms. The Morgan fingerprint density at radius 2 is 2.07 bits per heavy atom. The number of nitrogens with one attached hydrogen (secondary N) is 1. The van der Waals surface area contributed by atoms with Gasteiger partial charge in [-0.05, 0) is 31.2 Å². The van der Waals surface area contributed by atoms with Crippen molar-refractivity contribution in [2.24, 2.45) is 4.99 Å². The zero-order valence-corrected chi connectivity index (χ0v) is 15.9. The number of ether oxygens (including phenoxy) is 1. The number of methoxy groups -OCH3 is 1. The van der Waals surface area contributed by atoms with E-state index in [1.165, 1.54) is 7.11 Å². The van der Waals surface area contributed by atoms with E-state index in [4.69, 9.17) is 4.74 Å². The number of aliphatic imine (C=N–C) groups is 1. The summed E-state index contributed by atoms with van der Waals surface area (Å²) < 4.78 is 46.9. The van der Waals surface area contributed by atoms with E-state index < -0.39 is 23.7 Å². The van der Waals surface area contributed by atoms with Gasteiger partial charge in [0.05, 0.1) is 12.7 Å². The number of rotatable bonds is 3. The van der Waals surface area contributed by atoms with Crippen molar-refractivity contribution in [3.05, 3.63) is 16.0 Å². The number of halogens is 3. The summed E-state index contributed by atoms with van der Waals surface area (Å²) in [7, 11) is 1.19. The summed E-state index contributed by atoms with van der Waals surface area (Å²) in [4.78, 5) is 30.6. The molecule has 1 amide bonds. The normalized spacial score (nSPS) is 24.5. The summed E-state index contributed by atoms with van der Waals surface area (Å²) in [5, 5.41) is 2.37. The number of esters is 1. The highest BCUT2D eigenvalue weighted by molar-refractivity contribution is 8.14. The maximum Gasteiger partial charge on any atom is 0.442 e. The Hall–Kier alpha value is -1.75. The third-order valence-electron chi connectivity index (χ3n) is 4.86. The molecule has 6 nitrogen and oxygen atoms in total. The molecule has 1 aromatic heterocycles. The van der Waals surface area contributed by atoms with Crippen molar-refractivity contribution in [1.29, 1.82) is 0 Å². The van der Waals surface area contributed by atoms with Crippen LogP contribution in [0.1, 0.15) is 33.6 Å². The standard InChI is InChI=1S/C16H16F3N3O3S2/c1-25-12(23)10-8-4-2-3-5-9(8)27-11(10)20-15(16(17,18)19)13(24)22-6-7-26-14(22)21-15/h20H,2-7H2,1H3. The fourth-order valence-corrected chi connectivity index (χ4v) is 5.86. The van der Waals surface area contributed by atoms with E-state index in [2.05, 4.69) is 10.3 Å². The highest BCUT2D eigenvalue weighted by Crippen LogP contribution is 2.46. The third-order valence-corrected chi connectivity index (χ3v) is 7.02. The SMILES string of the molecule is COC(=O)c1c(NC2(C(F)(F)F)N=C3SCCN3C2=O)sc2c1CCCC2. The number of amides is 1. The molecule has 3 aliphatic rings. The lowest BCUT2D eigenvalue weighted by atomic mass is 9.95. The minimum absolute atomic E-state index is 0.00468. The van der Waals surface area contributed by atoms with E-state index in [0.717, 1.165) is 45.7 Å². The molecule has 2 aliphatic heterocycles. The van der Waals surface area contributed by atoms with Crippen molar-refractivity contribution in [3.8, 4) is 0 Å². The zero-order valence-electron chi connectivity index (χ0n) is 14.3. The van der Waals surface area contributed by atoms with Gasteiger partial charge in [-0.15, -0.1) is 11.3 Å². The highest BCUT2D eigenvalue weighted by Gasteiger charge is 2.67. The molecule has 27 heavy (non-hydrogen) atoms. The number of hydrogen-bond donors (Lipinski definition) is 1. The van der Waals surface area contributed by atoms with Gasteiger partial charge in [-0.2, -0.15) is 13.2 Å². The van der Waals surface area contributed by atoms with Crippen LogP contribution in [0.15, 0.2) is 4.99 Å². The topological polar surface area (TPSA) is 71.0 Å². The molecule has 11 heteroatoms. The Morgan fingerprint density at radius 1 is 1.33 bits per heavy atom. The van der Waals surface area contributed by atoms with Crippen LogP contribution in [0.4, 0.5) is 18.2 Å². The van der Waals surface area contributed by atoms with E-state index >= 15 is 0 Å². The van der Waals surface area contributed by atoms with E-state index in [0.29, 0.717) is 24.2 Å². The number of fused-ring (bicyclic) bond motifs is 2. The van der Waals surface area contributed by atoms with Gasteiger partial charge in [0.2, 0.25) is 0 Å². The van der Waals surface area contributed by atoms with Gasteiger partial charge in [0, 0.05) is 17.2 Å². The number of amidine groups is 1. The Morgan fingerprint density at radius 3 is 2.74 bits per heavy atom. The summed E-state index contributed by atoms with van der Waals surface area (Å²) in [5.41, 5.74) is -2.30. The Bertz CT molecular complexity index is 852. The average Bonchev–Trinajstić information content (AvgIpc) is 3.28. The predicted molar refractivity (Wildman–Crippen MR) is 96.3 cm³/mol. The summed E-state index contributed by atoms with van der Waals surface area (Å²) in [6.45, 7) is 0.187. The molecular formula is C16H16F3N3O3S2. The summed E-state index contributed by atoms with van der Waals surface area (Å²) in [6, 6.07) is 0. The van der Waals surface area contributed by atoms with Crippen LogP contribution in [0.3, 0.4) is 0 Å². The number of nitrogens with zero attached hydrogens (tertiary/aromatic N) is 2. The van der Waals surface area contributed by atoms with Crippen LogP contribution in [-0.4, -0.2) is 53.2 Å². The lowest BCUT2D eigenvalue weighted by molar-refractivity contribution is -0.185. The third kappa shape index (κ3) is 2.74. The molecule has 0 bridgehead atoms. The van der Waals surface area contributed by atoms with Crippen molar-refractivity contribution in [2.75, 3.05) is 24.7 Å². The monoisotopic (exact) mass is 419 g/mol. The van der Waals surface area contributed by atoms with Crippen molar-refractivity contribution < 1.29 is 27.5 Å². The van der Waals surface area contributed by atoms with E-state index in [-0.39, 0.29) is 22.3 Å². The average molecular weight is 419 g/mol. The van der Waals surface area contributed by atoms with E-state index in [1.807, 2.05) is 0 Å². The number of thioether (sulfide) groups is 1. The van der Waals surface area contributed by atoms with Gasteiger partial charge < -0.3 is 10.1 Å². The van der Waals surface area contributed by atoms with Crippen molar-refractivity contribution in [2.45, 2.75) is 37.5 Å². The van der Waals surface area contributed by atoms with Crippen molar-refractivity contribution >= 4 is 45.1 Å². The lowest BCUT2D eigenvalue weighted by Gasteiger charge is -2.29. The molecular weight excluding hydrogens is 403 g/mol. The second-order valence-electron chi connectivity index (χ2n) is 6.44. The molecule has 1 atom stereocenters. The van der Waals surface area contributed by atoms with Gasteiger partial charge in [-0.25, -0.2) is 9.79 Å². The van der Waals surface area contributed by atoms with Gasteiger partial charge in [0.15, 0.2) is 5.17 Å². The zero-order chi connectivity index (χ0) is 19.4. The number of thiophene rings is 1. The van der Waals surface area contributed by atoms with Gasteiger partial charge in [0.25, 0.3) is 5.91 Å². The maximum absolute atomic E-state index is 14.0. The van der Waals surface area contributed by atoms with Crippen LogP contribution < -0.4 is 5.32 Å². The Labute approximate surface area is 161 Å². The molecule has 1 fully saturated rings. The fraction of sp³-hybridized carbons (Fsp3) is 0.562. The second-order valence-corrected chi connectivity index (χ2v) is 8.61. The van der Waals surface area contributed by atoms with Gasteiger partial charge in [0.1, 0.15) is 5.00 Å². The number of hydrogen-bond acceptors (Lipinski definition) is 7. The number of alkyl halides is 3. The molecule has 1 unspecified atom stereocenters. The summed E-state index contributed by atoms with van der Waals surface area (Å²) in [6.07, 6.45) is -1.91. The van der Waals surface area contributed by atoms with Crippen molar-refractivity contribution in [3.63, 3.8) is 0 Å². The molecule has 1 saturated heterocycles. The van der Waals surface area contributed by atoms with Crippen LogP contribution in [0, 0.1) is 0 Å². The molecule has 0 aromatic carbocycles. The summed E-state index contributed by atoms with van der Waals surface area (Å²) in [5.74, 6) is -1.35. The van der Waals surface area contributed by atoms with Crippen LogP contribution >= 0.6 is 23.1 Å². The second kappa shape index (κ2) is 6.40. The van der Waals surface area contributed by atoms with Crippen LogP contribution in [0.25, 0.3) is 0 Å². The van der Waals surface area contributed by atoms with Crippen molar-refractivity contribution in [1.82, 2.24) is 4.90 Å². The van der Waals surface area contributed by atoms with Crippen LogP contribution in [0.2, 0.25) is 0 Å². The molecule has 0 radical (unpaired) electrons. The first kappa shape index (κ1) is 18.6. The van der Waals surface area contributed by atoms with E-state index in [1.54, 1.807) is 0 Å².